The molecule has 1 aliphatic heterocycles. The van der Waals surface area contributed by atoms with Crippen LogP contribution in [-0.2, 0) is 11.3 Å². The van der Waals surface area contributed by atoms with Gasteiger partial charge in [-0.05, 0) is 17.7 Å². The predicted octanol–water partition coefficient (Wildman–Crippen LogP) is 3.18. The number of rotatable bonds is 6. The molecule has 3 aromatic rings. The van der Waals surface area contributed by atoms with Crippen LogP contribution in [0.2, 0.25) is 0 Å². The number of carbonyl (C=O) groups excluding carboxylic acids is 1. The number of hydrogen-bond acceptors (Lipinski definition) is 6. The average molecular weight is 389 g/mol. The lowest BCUT2D eigenvalue weighted by atomic mass is 10.2. The summed E-state index contributed by atoms with van der Waals surface area (Å²) >= 11 is 0. The number of nitrogens with one attached hydrogen (secondary N) is 2. The van der Waals surface area contributed by atoms with Crippen molar-refractivity contribution in [3.63, 3.8) is 0 Å². The molecule has 1 aromatic heterocycles. The number of anilines is 3. The molecule has 1 amide bonds. The summed E-state index contributed by atoms with van der Waals surface area (Å²) in [5.41, 5.74) is 3.16. The molecule has 2 aromatic carbocycles. The SMILES string of the molecule is O=C(Nc1ccccc1N1CCOCC1)c1cnc(NCc2ccccc2)cn1. The maximum atomic E-state index is 12.7. The van der Waals surface area contributed by atoms with Crippen LogP contribution < -0.4 is 15.5 Å². The zero-order valence-corrected chi connectivity index (χ0v) is 16.0. The van der Waals surface area contributed by atoms with Gasteiger partial charge in [0, 0.05) is 19.6 Å². The highest BCUT2D eigenvalue weighted by Crippen LogP contribution is 2.26. The van der Waals surface area contributed by atoms with E-state index < -0.39 is 0 Å². The number of ether oxygens (including phenoxy) is 1. The Morgan fingerprint density at radius 2 is 1.72 bits per heavy atom. The van der Waals surface area contributed by atoms with Crippen LogP contribution in [0.1, 0.15) is 16.1 Å². The molecule has 0 unspecified atom stereocenters. The summed E-state index contributed by atoms with van der Waals surface area (Å²) < 4.78 is 5.42. The number of carbonyl (C=O) groups is 1. The van der Waals surface area contributed by atoms with E-state index in [9.17, 15) is 4.79 Å². The minimum absolute atomic E-state index is 0.270. The molecular formula is C22H23N5O2. The maximum absolute atomic E-state index is 12.7. The Hall–Kier alpha value is -3.45. The highest BCUT2D eigenvalue weighted by molar-refractivity contribution is 6.04. The van der Waals surface area contributed by atoms with Gasteiger partial charge in [0.15, 0.2) is 0 Å². The molecule has 1 fully saturated rings. The normalized spacial score (nSPS) is 13.7. The first-order valence-electron chi connectivity index (χ1n) is 9.62. The van der Waals surface area contributed by atoms with Crippen LogP contribution in [0.15, 0.2) is 67.0 Å². The molecule has 0 saturated carbocycles. The lowest BCUT2D eigenvalue weighted by molar-refractivity contribution is 0.102. The van der Waals surface area contributed by atoms with Crippen molar-refractivity contribution in [1.82, 2.24) is 9.97 Å². The topological polar surface area (TPSA) is 79.4 Å². The summed E-state index contributed by atoms with van der Waals surface area (Å²) in [6.07, 6.45) is 3.06. The van der Waals surface area contributed by atoms with Crippen molar-refractivity contribution in [3.05, 3.63) is 78.2 Å². The van der Waals surface area contributed by atoms with Gasteiger partial charge in [-0.3, -0.25) is 4.79 Å². The van der Waals surface area contributed by atoms with Crippen LogP contribution in [0.3, 0.4) is 0 Å². The van der Waals surface area contributed by atoms with Gasteiger partial charge in [0.1, 0.15) is 11.5 Å². The van der Waals surface area contributed by atoms with Crippen molar-refractivity contribution in [2.45, 2.75) is 6.54 Å². The number of amides is 1. The monoisotopic (exact) mass is 389 g/mol. The van der Waals surface area contributed by atoms with E-state index in [1.165, 1.54) is 6.20 Å². The number of para-hydroxylation sites is 2. The first kappa shape index (κ1) is 18.9. The van der Waals surface area contributed by atoms with E-state index in [-0.39, 0.29) is 11.6 Å². The van der Waals surface area contributed by atoms with Gasteiger partial charge in [0.05, 0.1) is 37.0 Å². The summed E-state index contributed by atoms with van der Waals surface area (Å²) in [6.45, 7) is 3.62. The van der Waals surface area contributed by atoms with Crippen molar-refractivity contribution in [2.75, 3.05) is 41.8 Å². The second-order valence-corrected chi connectivity index (χ2v) is 6.70. The second-order valence-electron chi connectivity index (χ2n) is 6.70. The van der Waals surface area contributed by atoms with E-state index in [0.29, 0.717) is 25.6 Å². The van der Waals surface area contributed by atoms with Crippen LogP contribution in [0.5, 0.6) is 0 Å². The summed E-state index contributed by atoms with van der Waals surface area (Å²) in [6, 6.07) is 17.8. The Balaban J connectivity index is 1.40. The van der Waals surface area contributed by atoms with Gasteiger partial charge >= 0.3 is 0 Å². The molecule has 29 heavy (non-hydrogen) atoms. The molecule has 0 atom stereocenters. The van der Waals surface area contributed by atoms with Crippen molar-refractivity contribution in [2.24, 2.45) is 0 Å². The van der Waals surface area contributed by atoms with Gasteiger partial charge < -0.3 is 20.3 Å². The van der Waals surface area contributed by atoms with E-state index in [2.05, 4.69) is 25.5 Å². The second kappa shape index (κ2) is 9.16. The molecule has 4 rings (SSSR count). The summed E-state index contributed by atoms with van der Waals surface area (Å²) in [4.78, 5) is 23.4. The Labute approximate surface area is 169 Å². The van der Waals surface area contributed by atoms with Crippen molar-refractivity contribution in [1.29, 1.82) is 0 Å². The van der Waals surface area contributed by atoms with Crippen LogP contribution in [-0.4, -0.2) is 42.2 Å². The van der Waals surface area contributed by atoms with Gasteiger partial charge in [-0.2, -0.15) is 0 Å². The largest absolute Gasteiger partial charge is 0.378 e. The van der Waals surface area contributed by atoms with Gasteiger partial charge in [-0.1, -0.05) is 42.5 Å². The van der Waals surface area contributed by atoms with E-state index >= 15 is 0 Å². The van der Waals surface area contributed by atoms with Crippen molar-refractivity contribution < 1.29 is 9.53 Å². The fraction of sp³-hybridized carbons (Fsp3) is 0.227. The molecular weight excluding hydrogens is 366 g/mol. The third kappa shape index (κ3) is 4.89. The molecule has 0 radical (unpaired) electrons. The van der Waals surface area contributed by atoms with Gasteiger partial charge in [-0.15, -0.1) is 0 Å². The first-order chi connectivity index (χ1) is 14.3. The zero-order valence-electron chi connectivity index (χ0n) is 16.0. The molecule has 7 heteroatoms. The highest BCUT2D eigenvalue weighted by atomic mass is 16.5. The third-order valence-electron chi connectivity index (χ3n) is 4.70. The van der Waals surface area contributed by atoms with E-state index in [1.54, 1.807) is 6.20 Å². The minimum atomic E-state index is -0.284. The number of morpholine rings is 1. The lowest BCUT2D eigenvalue weighted by Gasteiger charge is -2.30. The molecule has 1 saturated heterocycles. The van der Waals surface area contributed by atoms with Gasteiger partial charge in [0.25, 0.3) is 5.91 Å². The Morgan fingerprint density at radius 3 is 2.48 bits per heavy atom. The molecule has 148 valence electrons. The molecule has 7 nitrogen and oxygen atoms in total. The first-order valence-corrected chi connectivity index (χ1v) is 9.62. The molecule has 1 aliphatic rings. The average Bonchev–Trinajstić information content (AvgIpc) is 2.80. The summed E-state index contributed by atoms with van der Waals surface area (Å²) in [7, 11) is 0. The quantitative estimate of drug-likeness (QED) is 0.674. The Bertz CT molecular complexity index is 941. The smallest absolute Gasteiger partial charge is 0.275 e. The van der Waals surface area contributed by atoms with Crippen LogP contribution in [0.4, 0.5) is 17.2 Å². The third-order valence-corrected chi connectivity index (χ3v) is 4.70. The molecule has 0 bridgehead atoms. The van der Waals surface area contributed by atoms with Gasteiger partial charge in [-0.25, -0.2) is 9.97 Å². The summed E-state index contributed by atoms with van der Waals surface area (Å²) in [5.74, 6) is 0.340. The highest BCUT2D eigenvalue weighted by Gasteiger charge is 2.17. The van der Waals surface area contributed by atoms with E-state index in [1.807, 2.05) is 54.6 Å². The molecule has 2 N–H and O–H groups in total. The fourth-order valence-electron chi connectivity index (χ4n) is 3.17. The zero-order chi connectivity index (χ0) is 19.9. The Kier molecular flexibility index (Phi) is 5.97. The van der Waals surface area contributed by atoms with Crippen molar-refractivity contribution in [3.8, 4) is 0 Å². The number of nitrogens with zero attached hydrogens (tertiary/aromatic N) is 3. The fourth-order valence-corrected chi connectivity index (χ4v) is 3.17. The number of benzene rings is 2. The molecule has 0 aliphatic carbocycles. The van der Waals surface area contributed by atoms with Gasteiger partial charge in [0.2, 0.25) is 0 Å². The number of aromatic nitrogens is 2. The van der Waals surface area contributed by atoms with Crippen LogP contribution in [0, 0.1) is 0 Å². The molecule has 2 heterocycles. The van der Waals surface area contributed by atoms with Crippen LogP contribution >= 0.6 is 0 Å². The Morgan fingerprint density at radius 1 is 0.966 bits per heavy atom. The van der Waals surface area contributed by atoms with Crippen molar-refractivity contribution >= 4 is 23.1 Å². The standard InChI is InChI=1S/C22H23N5O2/c28-22(26-18-8-4-5-9-20(18)27-10-12-29-13-11-27)19-15-25-21(16-23-19)24-14-17-6-2-1-3-7-17/h1-9,15-16H,10-14H2,(H,24,25)(H,26,28). The lowest BCUT2D eigenvalue weighted by Crippen LogP contribution is -2.36. The molecule has 0 spiro atoms. The maximum Gasteiger partial charge on any atom is 0.275 e. The minimum Gasteiger partial charge on any atom is -0.378 e. The van der Waals surface area contributed by atoms with Crippen LogP contribution in [0.25, 0.3) is 0 Å². The summed E-state index contributed by atoms with van der Waals surface area (Å²) in [5, 5.41) is 6.16. The number of hydrogen-bond donors (Lipinski definition) is 2. The van der Waals surface area contributed by atoms with E-state index in [0.717, 1.165) is 30.0 Å². The van der Waals surface area contributed by atoms with E-state index in [4.69, 9.17) is 4.74 Å². The predicted molar refractivity (Wildman–Crippen MR) is 113 cm³/mol.